The number of thioether (sulfide) groups is 2. The molecule has 0 saturated heterocycles. The van der Waals surface area contributed by atoms with E-state index in [1.807, 2.05) is 19.9 Å². The minimum absolute atomic E-state index is 0.199. The SMILES string of the molecule is CSC[C@H](NC(=O)Cc1c(C)c2cc3c(cc2oc1=O)OC(C)(C)CC3)C(=O)N[C@H](CSC)C(=O)O. The van der Waals surface area contributed by atoms with E-state index in [0.29, 0.717) is 16.9 Å². The van der Waals surface area contributed by atoms with Crippen molar-refractivity contribution in [2.75, 3.05) is 24.0 Å². The van der Waals surface area contributed by atoms with E-state index in [1.54, 1.807) is 25.5 Å². The topological polar surface area (TPSA) is 135 Å². The smallest absolute Gasteiger partial charge is 0.340 e. The zero-order valence-corrected chi connectivity index (χ0v) is 22.7. The number of nitrogens with one attached hydrogen (secondary N) is 2. The van der Waals surface area contributed by atoms with Crippen LogP contribution in [0.1, 0.15) is 37.0 Å². The van der Waals surface area contributed by atoms with Gasteiger partial charge in [0, 0.05) is 23.0 Å². The van der Waals surface area contributed by atoms with Gasteiger partial charge in [0.2, 0.25) is 11.8 Å². The summed E-state index contributed by atoms with van der Waals surface area (Å²) in [7, 11) is 0. The fraction of sp³-hybridized carbons (Fsp3) is 0.520. The Morgan fingerprint density at radius 2 is 1.78 bits per heavy atom. The molecule has 9 nitrogen and oxygen atoms in total. The molecule has 0 aliphatic carbocycles. The molecule has 2 heterocycles. The van der Waals surface area contributed by atoms with Crippen LogP contribution in [-0.4, -0.2) is 64.6 Å². The maximum atomic E-state index is 12.9. The van der Waals surface area contributed by atoms with Crippen molar-refractivity contribution in [2.24, 2.45) is 0 Å². The molecule has 0 fully saturated rings. The Bertz CT molecular complexity index is 1230. The number of carbonyl (C=O) groups is 3. The summed E-state index contributed by atoms with van der Waals surface area (Å²) in [5, 5.41) is 15.2. The Morgan fingerprint density at radius 1 is 1.11 bits per heavy atom. The fourth-order valence-electron chi connectivity index (χ4n) is 4.11. The molecule has 11 heteroatoms. The Kier molecular flexibility index (Phi) is 8.99. The second kappa shape index (κ2) is 11.6. The largest absolute Gasteiger partial charge is 0.487 e. The number of carbonyl (C=O) groups excluding carboxylic acids is 2. The first-order chi connectivity index (χ1) is 17.0. The van der Waals surface area contributed by atoms with Gasteiger partial charge in [0.1, 0.15) is 29.0 Å². The van der Waals surface area contributed by atoms with Crippen LogP contribution in [0.4, 0.5) is 0 Å². The number of hydrogen-bond donors (Lipinski definition) is 3. The number of hydrogen-bond acceptors (Lipinski definition) is 8. The van der Waals surface area contributed by atoms with Gasteiger partial charge in [-0.05, 0) is 63.3 Å². The first-order valence-electron chi connectivity index (χ1n) is 11.5. The summed E-state index contributed by atoms with van der Waals surface area (Å²) in [6.45, 7) is 5.80. The Morgan fingerprint density at radius 3 is 2.42 bits per heavy atom. The molecule has 0 saturated carbocycles. The highest BCUT2D eigenvalue weighted by molar-refractivity contribution is 7.98. The van der Waals surface area contributed by atoms with E-state index in [2.05, 4.69) is 10.6 Å². The van der Waals surface area contributed by atoms with Crippen LogP contribution >= 0.6 is 23.5 Å². The van der Waals surface area contributed by atoms with Crippen molar-refractivity contribution in [1.82, 2.24) is 10.6 Å². The van der Waals surface area contributed by atoms with Crippen LogP contribution in [0.2, 0.25) is 0 Å². The lowest BCUT2D eigenvalue weighted by molar-refractivity contribution is -0.141. The normalized spacial score (nSPS) is 15.9. The lowest BCUT2D eigenvalue weighted by Crippen LogP contribution is -2.53. The Balaban J connectivity index is 1.81. The number of amides is 2. The third-order valence-electron chi connectivity index (χ3n) is 6.12. The summed E-state index contributed by atoms with van der Waals surface area (Å²) in [4.78, 5) is 49.8. The maximum absolute atomic E-state index is 12.9. The van der Waals surface area contributed by atoms with Crippen molar-refractivity contribution in [3.63, 3.8) is 0 Å². The average Bonchev–Trinajstić information content (AvgIpc) is 2.79. The van der Waals surface area contributed by atoms with Gasteiger partial charge in [-0.2, -0.15) is 23.5 Å². The highest BCUT2D eigenvalue weighted by atomic mass is 32.2. The van der Waals surface area contributed by atoms with E-state index >= 15 is 0 Å². The summed E-state index contributed by atoms with van der Waals surface area (Å²) in [6, 6.07) is 1.66. The van der Waals surface area contributed by atoms with Gasteiger partial charge in [0.25, 0.3) is 0 Å². The van der Waals surface area contributed by atoms with Crippen LogP contribution < -0.4 is 21.0 Å². The van der Waals surface area contributed by atoms with Crippen molar-refractivity contribution >= 4 is 52.3 Å². The molecule has 3 rings (SSSR count). The Labute approximate surface area is 218 Å². The summed E-state index contributed by atoms with van der Waals surface area (Å²) in [5.74, 6) is -1.12. The number of aliphatic carboxylic acids is 1. The third-order valence-corrected chi connectivity index (χ3v) is 7.45. The number of fused-ring (bicyclic) bond motifs is 2. The summed E-state index contributed by atoms with van der Waals surface area (Å²) >= 11 is 2.63. The molecule has 3 N–H and O–H groups in total. The van der Waals surface area contributed by atoms with Gasteiger partial charge in [-0.3, -0.25) is 9.59 Å². The van der Waals surface area contributed by atoms with E-state index in [1.165, 1.54) is 23.5 Å². The number of carboxylic acids is 1. The summed E-state index contributed by atoms with van der Waals surface area (Å²) in [5.41, 5.74) is 1.34. The minimum Gasteiger partial charge on any atom is -0.487 e. The zero-order valence-electron chi connectivity index (χ0n) is 21.1. The standard InChI is InChI=1S/C25H32N2O7S2/c1-13-15-8-14-6-7-25(2,3)34-19(14)10-20(15)33-24(32)16(13)9-21(28)26-17(11-35-4)22(29)27-18(12-36-5)23(30)31/h8,10,17-18H,6-7,9,11-12H2,1-5H3,(H,26,28)(H,27,29)(H,30,31)/t17-,18+/m0/s1. The molecule has 0 bridgehead atoms. The van der Waals surface area contributed by atoms with E-state index < -0.39 is 35.5 Å². The number of carboxylic acid groups (broad SMARTS) is 1. The van der Waals surface area contributed by atoms with Crippen LogP contribution in [0.5, 0.6) is 5.75 Å². The van der Waals surface area contributed by atoms with Crippen molar-refractivity contribution in [2.45, 2.75) is 57.7 Å². The summed E-state index contributed by atoms with van der Waals surface area (Å²) in [6.07, 6.45) is 4.93. The molecule has 0 unspecified atom stereocenters. The van der Waals surface area contributed by atoms with Crippen LogP contribution in [-0.2, 0) is 27.2 Å². The minimum atomic E-state index is -1.15. The molecular weight excluding hydrogens is 504 g/mol. The highest BCUT2D eigenvalue weighted by Gasteiger charge is 2.29. The Hall–Kier alpha value is -2.66. The van der Waals surface area contributed by atoms with Gasteiger partial charge in [-0.25, -0.2) is 9.59 Å². The molecule has 2 aromatic rings. The second-order valence-corrected chi connectivity index (χ2v) is 11.2. The van der Waals surface area contributed by atoms with Crippen LogP contribution in [0.3, 0.4) is 0 Å². The number of benzene rings is 1. The molecule has 1 aliphatic rings. The average molecular weight is 537 g/mol. The quantitative estimate of drug-likeness (QED) is 0.392. The van der Waals surface area contributed by atoms with Crippen molar-refractivity contribution in [3.8, 4) is 5.75 Å². The van der Waals surface area contributed by atoms with Gasteiger partial charge in [0.05, 0.1) is 12.0 Å². The third kappa shape index (κ3) is 6.56. The molecule has 36 heavy (non-hydrogen) atoms. The highest BCUT2D eigenvalue weighted by Crippen LogP contribution is 2.36. The second-order valence-electron chi connectivity index (χ2n) is 9.42. The van der Waals surface area contributed by atoms with Gasteiger partial charge in [-0.15, -0.1) is 0 Å². The van der Waals surface area contributed by atoms with E-state index in [0.717, 1.165) is 23.8 Å². The predicted molar refractivity (Wildman–Crippen MR) is 142 cm³/mol. The predicted octanol–water partition coefficient (Wildman–Crippen LogP) is 2.53. The lowest BCUT2D eigenvalue weighted by atomic mass is 9.92. The van der Waals surface area contributed by atoms with Crippen molar-refractivity contribution in [1.29, 1.82) is 0 Å². The van der Waals surface area contributed by atoms with Crippen LogP contribution in [0.15, 0.2) is 21.3 Å². The molecular formula is C25H32N2O7S2. The van der Waals surface area contributed by atoms with Gasteiger partial charge < -0.3 is 24.9 Å². The van der Waals surface area contributed by atoms with E-state index in [-0.39, 0.29) is 29.1 Å². The van der Waals surface area contributed by atoms with Gasteiger partial charge in [0.15, 0.2) is 0 Å². The lowest BCUT2D eigenvalue weighted by Gasteiger charge is -2.32. The van der Waals surface area contributed by atoms with Crippen LogP contribution in [0, 0.1) is 6.92 Å². The number of rotatable bonds is 10. The molecule has 0 spiro atoms. The summed E-state index contributed by atoms with van der Waals surface area (Å²) < 4.78 is 11.6. The monoisotopic (exact) mass is 536 g/mol. The molecule has 1 aliphatic heterocycles. The molecule has 1 aromatic heterocycles. The van der Waals surface area contributed by atoms with Crippen LogP contribution in [0.25, 0.3) is 11.0 Å². The first-order valence-corrected chi connectivity index (χ1v) is 14.3. The molecule has 196 valence electrons. The molecule has 1 aromatic carbocycles. The van der Waals surface area contributed by atoms with E-state index in [9.17, 15) is 24.3 Å². The molecule has 0 radical (unpaired) electrons. The maximum Gasteiger partial charge on any atom is 0.340 e. The molecule has 2 amide bonds. The number of aryl methyl sites for hydroxylation is 2. The molecule has 2 atom stereocenters. The number of ether oxygens (including phenoxy) is 1. The first kappa shape index (κ1) is 27.9. The zero-order chi connectivity index (χ0) is 26.6. The fourth-order valence-corrected chi connectivity index (χ4v) is 5.24. The van der Waals surface area contributed by atoms with E-state index in [4.69, 9.17) is 9.15 Å². The van der Waals surface area contributed by atoms with Gasteiger partial charge >= 0.3 is 11.6 Å². The van der Waals surface area contributed by atoms with Crippen molar-refractivity contribution in [3.05, 3.63) is 39.2 Å². The van der Waals surface area contributed by atoms with Gasteiger partial charge in [-0.1, -0.05) is 0 Å². The van der Waals surface area contributed by atoms with Crippen molar-refractivity contribution < 1.29 is 28.6 Å².